The van der Waals surface area contributed by atoms with E-state index in [0.717, 1.165) is 27.0 Å². The summed E-state index contributed by atoms with van der Waals surface area (Å²) in [5, 5.41) is 13.1. The number of halogens is 1. The lowest BCUT2D eigenvalue weighted by Gasteiger charge is -2.11. The van der Waals surface area contributed by atoms with Crippen molar-refractivity contribution in [3.8, 4) is 11.5 Å². The molecule has 2 aromatic carbocycles. The standard InChI is InChI=1S/C15H16BrNO2/c1-10-3-4-15(18)11(5-10)9-17-13-6-12(16)7-14(8-13)19-2/h3-8,17-18H,9H2,1-2H3. The Bertz CT molecular complexity index is 584. The van der Waals surface area contributed by atoms with Gasteiger partial charge in [-0.3, -0.25) is 0 Å². The number of hydrogen-bond acceptors (Lipinski definition) is 3. The van der Waals surface area contributed by atoms with E-state index in [1.54, 1.807) is 13.2 Å². The maximum atomic E-state index is 9.79. The molecule has 0 fully saturated rings. The van der Waals surface area contributed by atoms with Crippen LogP contribution in [0.5, 0.6) is 11.5 Å². The minimum absolute atomic E-state index is 0.306. The zero-order valence-electron chi connectivity index (χ0n) is 10.9. The molecular weight excluding hydrogens is 306 g/mol. The topological polar surface area (TPSA) is 41.5 Å². The van der Waals surface area contributed by atoms with Gasteiger partial charge in [-0.2, -0.15) is 0 Å². The summed E-state index contributed by atoms with van der Waals surface area (Å²) < 4.78 is 6.16. The molecule has 0 bridgehead atoms. The number of methoxy groups -OCH3 is 1. The highest BCUT2D eigenvalue weighted by molar-refractivity contribution is 9.10. The van der Waals surface area contributed by atoms with Crippen LogP contribution in [0.2, 0.25) is 0 Å². The molecule has 4 heteroatoms. The first kappa shape index (κ1) is 13.7. The van der Waals surface area contributed by atoms with E-state index < -0.39 is 0 Å². The van der Waals surface area contributed by atoms with Crippen LogP contribution in [0.25, 0.3) is 0 Å². The summed E-state index contributed by atoms with van der Waals surface area (Å²) in [6, 6.07) is 11.4. The van der Waals surface area contributed by atoms with Crippen LogP contribution < -0.4 is 10.1 Å². The van der Waals surface area contributed by atoms with Crippen LogP contribution in [-0.4, -0.2) is 12.2 Å². The SMILES string of the molecule is COc1cc(Br)cc(NCc2cc(C)ccc2O)c1. The van der Waals surface area contributed by atoms with E-state index in [1.165, 1.54) is 0 Å². The van der Waals surface area contributed by atoms with Crippen molar-refractivity contribution >= 4 is 21.6 Å². The van der Waals surface area contributed by atoms with Gasteiger partial charge in [0.1, 0.15) is 11.5 Å². The van der Waals surface area contributed by atoms with Gasteiger partial charge in [0.15, 0.2) is 0 Å². The Hall–Kier alpha value is -1.68. The normalized spacial score (nSPS) is 10.3. The van der Waals surface area contributed by atoms with Crippen molar-refractivity contribution in [3.05, 3.63) is 52.0 Å². The van der Waals surface area contributed by atoms with Crippen molar-refractivity contribution < 1.29 is 9.84 Å². The van der Waals surface area contributed by atoms with Gasteiger partial charge in [0.2, 0.25) is 0 Å². The molecule has 2 aromatic rings. The van der Waals surface area contributed by atoms with Crippen molar-refractivity contribution in [3.63, 3.8) is 0 Å². The van der Waals surface area contributed by atoms with E-state index in [0.29, 0.717) is 12.3 Å². The van der Waals surface area contributed by atoms with Crippen LogP contribution in [-0.2, 0) is 6.54 Å². The average Bonchev–Trinajstić information content (AvgIpc) is 2.39. The summed E-state index contributed by atoms with van der Waals surface area (Å²) in [6.45, 7) is 2.57. The molecule has 0 spiro atoms. The highest BCUT2D eigenvalue weighted by Crippen LogP contribution is 2.26. The maximum absolute atomic E-state index is 9.79. The lowest BCUT2D eigenvalue weighted by Crippen LogP contribution is -2.00. The second kappa shape index (κ2) is 5.97. The molecule has 3 nitrogen and oxygen atoms in total. The monoisotopic (exact) mass is 321 g/mol. The molecule has 0 heterocycles. The summed E-state index contributed by atoms with van der Waals surface area (Å²) in [5.74, 6) is 1.09. The Labute approximate surface area is 121 Å². The minimum atomic E-state index is 0.306. The summed E-state index contributed by atoms with van der Waals surface area (Å²) in [6.07, 6.45) is 0. The van der Waals surface area contributed by atoms with Gasteiger partial charge in [-0.05, 0) is 25.1 Å². The third-order valence-corrected chi connectivity index (χ3v) is 3.28. The number of nitrogens with one attached hydrogen (secondary N) is 1. The first-order valence-electron chi connectivity index (χ1n) is 5.95. The van der Waals surface area contributed by atoms with E-state index in [1.807, 2.05) is 37.3 Å². The van der Waals surface area contributed by atoms with Gasteiger partial charge in [-0.1, -0.05) is 33.6 Å². The number of rotatable bonds is 4. The number of ether oxygens (including phenoxy) is 1. The molecule has 0 aliphatic rings. The van der Waals surface area contributed by atoms with E-state index in [-0.39, 0.29) is 0 Å². The number of hydrogen-bond donors (Lipinski definition) is 2. The maximum Gasteiger partial charge on any atom is 0.122 e. The molecule has 0 radical (unpaired) electrons. The van der Waals surface area contributed by atoms with Crippen LogP contribution in [0.3, 0.4) is 0 Å². The summed E-state index contributed by atoms with van der Waals surface area (Å²) in [7, 11) is 1.64. The molecule has 0 amide bonds. The van der Waals surface area contributed by atoms with Crippen molar-refractivity contribution in [2.75, 3.05) is 12.4 Å². The minimum Gasteiger partial charge on any atom is -0.508 e. The van der Waals surface area contributed by atoms with Crippen molar-refractivity contribution in [2.45, 2.75) is 13.5 Å². The molecule has 0 aliphatic heterocycles. The van der Waals surface area contributed by atoms with Gasteiger partial charge < -0.3 is 15.2 Å². The molecule has 0 saturated heterocycles. The molecule has 0 unspecified atom stereocenters. The Morgan fingerprint density at radius 2 is 2.00 bits per heavy atom. The Kier molecular flexibility index (Phi) is 4.32. The molecule has 0 saturated carbocycles. The number of aromatic hydroxyl groups is 1. The molecule has 0 atom stereocenters. The predicted octanol–water partition coefficient (Wildman–Crippen LogP) is 4.08. The van der Waals surface area contributed by atoms with Gasteiger partial charge in [0.25, 0.3) is 0 Å². The van der Waals surface area contributed by atoms with E-state index in [4.69, 9.17) is 4.74 Å². The Balaban J connectivity index is 2.14. The van der Waals surface area contributed by atoms with E-state index >= 15 is 0 Å². The van der Waals surface area contributed by atoms with Crippen LogP contribution in [0, 0.1) is 6.92 Å². The lowest BCUT2D eigenvalue weighted by atomic mass is 10.1. The second-order valence-electron chi connectivity index (χ2n) is 4.37. The van der Waals surface area contributed by atoms with Gasteiger partial charge in [0, 0.05) is 28.3 Å². The number of anilines is 1. The molecule has 2 N–H and O–H groups in total. The van der Waals surface area contributed by atoms with Gasteiger partial charge in [0.05, 0.1) is 7.11 Å². The fourth-order valence-electron chi connectivity index (χ4n) is 1.84. The average molecular weight is 322 g/mol. The van der Waals surface area contributed by atoms with Gasteiger partial charge >= 0.3 is 0 Å². The first-order chi connectivity index (χ1) is 9.08. The Morgan fingerprint density at radius 1 is 1.21 bits per heavy atom. The smallest absolute Gasteiger partial charge is 0.122 e. The van der Waals surface area contributed by atoms with Crippen LogP contribution in [0.15, 0.2) is 40.9 Å². The number of phenolic OH excluding ortho intramolecular Hbond substituents is 1. The number of aryl methyl sites for hydroxylation is 1. The molecular formula is C15H16BrNO2. The molecule has 100 valence electrons. The zero-order valence-corrected chi connectivity index (χ0v) is 12.5. The van der Waals surface area contributed by atoms with Crippen LogP contribution >= 0.6 is 15.9 Å². The second-order valence-corrected chi connectivity index (χ2v) is 5.28. The summed E-state index contributed by atoms with van der Waals surface area (Å²) in [4.78, 5) is 0. The fourth-order valence-corrected chi connectivity index (χ4v) is 2.31. The van der Waals surface area contributed by atoms with Gasteiger partial charge in [-0.15, -0.1) is 0 Å². The van der Waals surface area contributed by atoms with Crippen molar-refractivity contribution in [1.82, 2.24) is 0 Å². The summed E-state index contributed by atoms with van der Waals surface area (Å²) >= 11 is 3.44. The van der Waals surface area contributed by atoms with E-state index in [2.05, 4.69) is 21.2 Å². The quantitative estimate of drug-likeness (QED) is 0.891. The first-order valence-corrected chi connectivity index (χ1v) is 6.75. The van der Waals surface area contributed by atoms with Crippen molar-refractivity contribution in [1.29, 1.82) is 0 Å². The molecule has 19 heavy (non-hydrogen) atoms. The van der Waals surface area contributed by atoms with E-state index in [9.17, 15) is 5.11 Å². The predicted molar refractivity (Wildman–Crippen MR) is 80.9 cm³/mol. The third kappa shape index (κ3) is 3.64. The highest BCUT2D eigenvalue weighted by atomic mass is 79.9. The number of benzene rings is 2. The van der Waals surface area contributed by atoms with Crippen molar-refractivity contribution in [2.24, 2.45) is 0 Å². The lowest BCUT2D eigenvalue weighted by molar-refractivity contribution is 0.414. The highest BCUT2D eigenvalue weighted by Gasteiger charge is 2.03. The molecule has 0 aliphatic carbocycles. The van der Waals surface area contributed by atoms with Crippen LogP contribution in [0.4, 0.5) is 5.69 Å². The third-order valence-electron chi connectivity index (χ3n) is 2.82. The number of phenols is 1. The van der Waals surface area contributed by atoms with Crippen LogP contribution in [0.1, 0.15) is 11.1 Å². The fraction of sp³-hybridized carbons (Fsp3) is 0.200. The summed E-state index contributed by atoms with van der Waals surface area (Å²) in [5.41, 5.74) is 2.94. The van der Waals surface area contributed by atoms with Gasteiger partial charge in [-0.25, -0.2) is 0 Å². The molecule has 0 aromatic heterocycles. The molecule has 2 rings (SSSR count). The zero-order chi connectivity index (χ0) is 13.8. The largest absolute Gasteiger partial charge is 0.508 e. The Morgan fingerprint density at radius 3 is 2.74 bits per heavy atom.